The van der Waals surface area contributed by atoms with E-state index >= 15 is 4.39 Å². The number of fused-ring (bicyclic) bond motifs is 1. The minimum atomic E-state index is -0.882. The fourth-order valence-corrected chi connectivity index (χ4v) is 5.04. The maximum Gasteiger partial charge on any atom is 0.339 e. The summed E-state index contributed by atoms with van der Waals surface area (Å²) < 4.78 is 20.9. The van der Waals surface area contributed by atoms with Gasteiger partial charge in [-0.05, 0) is 69.4 Å². The average molecular weight is 478 g/mol. The van der Waals surface area contributed by atoms with Crippen LogP contribution in [-0.2, 0) is 16.1 Å². The number of carboxylic acids is 1. The summed E-state index contributed by atoms with van der Waals surface area (Å²) in [6.07, 6.45) is 5.86. The van der Waals surface area contributed by atoms with E-state index in [9.17, 15) is 14.7 Å². The number of hydrogen-bond donors (Lipinski definition) is 1. The molecule has 35 heavy (non-hydrogen) atoms. The van der Waals surface area contributed by atoms with Gasteiger partial charge in [0.2, 0.25) is 0 Å². The van der Waals surface area contributed by atoms with Crippen LogP contribution in [0.1, 0.15) is 62.9 Å². The lowest BCUT2D eigenvalue weighted by Crippen LogP contribution is -2.41. The smallest absolute Gasteiger partial charge is 0.339 e. The number of piperidine rings is 1. The van der Waals surface area contributed by atoms with Crippen molar-refractivity contribution in [1.82, 2.24) is 4.90 Å². The topological polar surface area (TPSA) is 66.8 Å². The first kappa shape index (κ1) is 24.7. The van der Waals surface area contributed by atoms with E-state index in [0.29, 0.717) is 40.8 Å². The first-order valence-electron chi connectivity index (χ1n) is 12.0. The molecule has 0 saturated carbocycles. The quantitative estimate of drug-likeness (QED) is 0.509. The van der Waals surface area contributed by atoms with Crippen molar-refractivity contribution in [2.75, 3.05) is 6.54 Å². The molecule has 0 radical (unpaired) electrons. The molecule has 1 heterocycles. The van der Waals surface area contributed by atoms with Crippen LogP contribution < -0.4 is 0 Å². The minimum Gasteiger partial charge on any atom is -0.478 e. The lowest BCUT2D eigenvalue weighted by molar-refractivity contribution is -0.133. The third-order valence-electron chi connectivity index (χ3n) is 6.68. The standard InChI is InChI=1S/C29H32FNO4/c1-28(2,3)35-27(34)23-9-6-5-8-22(23)19-10-11-21(24(30)16-19)18-31-15-7-14-29(4)17-20(26(32)33)12-13-25(29)31/h5-6,8-13,16H,7,14-15,17-18H2,1-4H3,(H,32,33). The number of nitrogens with zero attached hydrogens (tertiary/aromatic N) is 1. The number of allylic oxidation sites excluding steroid dienone is 3. The molecule has 1 N–H and O–H groups in total. The number of esters is 1. The number of carbonyl (C=O) groups excluding carboxylic acids is 1. The first-order chi connectivity index (χ1) is 16.5. The van der Waals surface area contributed by atoms with Crippen molar-refractivity contribution < 1.29 is 23.8 Å². The molecule has 4 rings (SSSR count). The van der Waals surface area contributed by atoms with Gasteiger partial charge in [-0.2, -0.15) is 0 Å². The molecular formula is C29H32FNO4. The zero-order chi connectivity index (χ0) is 25.4. The summed E-state index contributed by atoms with van der Waals surface area (Å²) in [5.74, 6) is -1.66. The summed E-state index contributed by atoms with van der Waals surface area (Å²) >= 11 is 0. The Balaban J connectivity index is 1.60. The minimum absolute atomic E-state index is 0.260. The van der Waals surface area contributed by atoms with Crippen LogP contribution in [0.25, 0.3) is 11.1 Å². The molecule has 1 saturated heterocycles. The lowest BCUT2D eigenvalue weighted by Gasteiger charge is -2.46. The number of hydrogen-bond acceptors (Lipinski definition) is 4. The van der Waals surface area contributed by atoms with Crippen molar-refractivity contribution in [1.29, 1.82) is 0 Å². The molecule has 0 aromatic heterocycles. The molecule has 1 unspecified atom stereocenters. The Bertz CT molecular complexity index is 1220. The van der Waals surface area contributed by atoms with E-state index < -0.39 is 17.5 Å². The number of likely N-dealkylation sites (tertiary alicyclic amines) is 1. The summed E-state index contributed by atoms with van der Waals surface area (Å²) in [4.78, 5) is 26.4. The number of benzene rings is 2. The van der Waals surface area contributed by atoms with E-state index in [1.165, 1.54) is 6.07 Å². The molecule has 1 aliphatic heterocycles. The van der Waals surface area contributed by atoms with E-state index in [1.807, 2.05) is 39.0 Å². The molecule has 1 fully saturated rings. The van der Waals surface area contributed by atoms with Gasteiger partial charge in [0.15, 0.2) is 0 Å². The maximum atomic E-state index is 15.3. The van der Waals surface area contributed by atoms with Crippen molar-refractivity contribution in [3.63, 3.8) is 0 Å². The lowest BCUT2D eigenvalue weighted by atomic mass is 9.71. The molecule has 184 valence electrons. The second-order valence-electron chi connectivity index (χ2n) is 10.7. The molecule has 2 aromatic rings. The van der Waals surface area contributed by atoms with Crippen molar-refractivity contribution in [3.05, 3.63) is 82.8 Å². The molecule has 1 aliphatic carbocycles. The zero-order valence-corrected chi connectivity index (χ0v) is 20.7. The molecule has 0 amide bonds. The summed E-state index contributed by atoms with van der Waals surface area (Å²) in [5.41, 5.74) is 2.78. The second-order valence-corrected chi connectivity index (χ2v) is 10.7. The molecule has 0 bridgehead atoms. The molecule has 0 spiro atoms. The molecule has 6 heteroatoms. The van der Waals surface area contributed by atoms with E-state index in [2.05, 4.69) is 11.8 Å². The van der Waals surface area contributed by atoms with Crippen LogP contribution in [0.5, 0.6) is 0 Å². The Kier molecular flexibility index (Phi) is 6.58. The van der Waals surface area contributed by atoms with E-state index in [0.717, 1.165) is 25.1 Å². The van der Waals surface area contributed by atoms with Crippen LogP contribution in [-0.4, -0.2) is 34.1 Å². The fraction of sp³-hybridized carbons (Fsp3) is 0.379. The van der Waals surface area contributed by atoms with Crippen LogP contribution >= 0.6 is 0 Å². The van der Waals surface area contributed by atoms with Crippen LogP contribution in [0.3, 0.4) is 0 Å². The Morgan fingerprint density at radius 2 is 1.89 bits per heavy atom. The predicted molar refractivity (Wildman–Crippen MR) is 133 cm³/mol. The van der Waals surface area contributed by atoms with Crippen molar-refractivity contribution in [3.8, 4) is 11.1 Å². The van der Waals surface area contributed by atoms with E-state index in [4.69, 9.17) is 4.74 Å². The highest BCUT2D eigenvalue weighted by Gasteiger charge is 2.39. The Hall–Kier alpha value is -3.41. The summed E-state index contributed by atoms with van der Waals surface area (Å²) in [7, 11) is 0. The third-order valence-corrected chi connectivity index (χ3v) is 6.68. The largest absolute Gasteiger partial charge is 0.478 e. The highest BCUT2D eigenvalue weighted by atomic mass is 19.1. The van der Waals surface area contributed by atoms with Gasteiger partial charge >= 0.3 is 11.9 Å². The highest BCUT2D eigenvalue weighted by molar-refractivity contribution is 5.97. The van der Waals surface area contributed by atoms with Gasteiger partial charge in [0.25, 0.3) is 0 Å². The highest BCUT2D eigenvalue weighted by Crippen LogP contribution is 2.46. The molecule has 2 aliphatic rings. The van der Waals surface area contributed by atoms with Crippen LogP contribution in [0.15, 0.2) is 65.9 Å². The molecule has 2 aromatic carbocycles. The van der Waals surface area contributed by atoms with E-state index in [-0.39, 0.29) is 11.2 Å². The number of carboxylic acid groups (broad SMARTS) is 1. The Labute approximate surface area is 205 Å². The van der Waals surface area contributed by atoms with Crippen LogP contribution in [0, 0.1) is 11.2 Å². The monoisotopic (exact) mass is 477 g/mol. The van der Waals surface area contributed by atoms with Gasteiger partial charge in [-0.3, -0.25) is 0 Å². The number of ether oxygens (including phenoxy) is 1. The van der Waals surface area contributed by atoms with Gasteiger partial charge in [0.1, 0.15) is 11.4 Å². The molecular weight excluding hydrogens is 445 g/mol. The second kappa shape index (κ2) is 9.33. The van der Waals surface area contributed by atoms with Gasteiger partial charge in [-0.1, -0.05) is 43.3 Å². The maximum absolute atomic E-state index is 15.3. The van der Waals surface area contributed by atoms with Crippen molar-refractivity contribution in [2.24, 2.45) is 5.41 Å². The molecule has 1 atom stereocenters. The normalized spacial score (nSPS) is 20.0. The zero-order valence-electron chi connectivity index (χ0n) is 20.7. The Morgan fingerprint density at radius 3 is 2.57 bits per heavy atom. The number of aliphatic carboxylic acids is 1. The van der Waals surface area contributed by atoms with Gasteiger partial charge in [0.05, 0.1) is 5.56 Å². The van der Waals surface area contributed by atoms with E-state index in [1.54, 1.807) is 30.3 Å². The summed E-state index contributed by atoms with van der Waals surface area (Å²) in [5, 5.41) is 9.42. The van der Waals surface area contributed by atoms with Gasteiger partial charge in [-0.15, -0.1) is 0 Å². The molecule has 5 nitrogen and oxygen atoms in total. The number of rotatable bonds is 5. The van der Waals surface area contributed by atoms with Crippen molar-refractivity contribution in [2.45, 2.75) is 59.1 Å². The van der Waals surface area contributed by atoms with Gasteiger partial charge in [-0.25, -0.2) is 14.0 Å². The predicted octanol–water partition coefficient (Wildman–Crippen LogP) is 6.35. The average Bonchev–Trinajstić information content (AvgIpc) is 2.78. The number of halogens is 1. The Morgan fingerprint density at radius 1 is 1.14 bits per heavy atom. The van der Waals surface area contributed by atoms with Gasteiger partial charge < -0.3 is 14.7 Å². The number of carbonyl (C=O) groups is 2. The van der Waals surface area contributed by atoms with Gasteiger partial charge in [0, 0.05) is 35.3 Å². The fourth-order valence-electron chi connectivity index (χ4n) is 5.04. The van der Waals surface area contributed by atoms with Crippen LogP contribution in [0.4, 0.5) is 4.39 Å². The van der Waals surface area contributed by atoms with Crippen molar-refractivity contribution >= 4 is 11.9 Å². The first-order valence-corrected chi connectivity index (χ1v) is 12.0. The third kappa shape index (κ3) is 5.31. The SMILES string of the molecule is CC(C)(C)OC(=O)c1ccccc1-c1ccc(CN2CCCC3(C)CC(C(=O)O)=CC=C23)c(F)c1. The van der Waals surface area contributed by atoms with Crippen LogP contribution in [0.2, 0.25) is 0 Å². The summed E-state index contributed by atoms with van der Waals surface area (Å²) in [6.45, 7) is 8.72. The summed E-state index contributed by atoms with van der Waals surface area (Å²) in [6, 6.07) is 12.1.